The summed E-state index contributed by atoms with van der Waals surface area (Å²) in [5.41, 5.74) is 3.90. The van der Waals surface area contributed by atoms with Gasteiger partial charge in [0.05, 0.1) is 12.2 Å². The van der Waals surface area contributed by atoms with Gasteiger partial charge in [0.2, 0.25) is 0 Å². The van der Waals surface area contributed by atoms with Crippen LogP contribution in [-0.2, 0) is 11.3 Å². The van der Waals surface area contributed by atoms with Gasteiger partial charge in [-0.2, -0.15) is 0 Å². The predicted molar refractivity (Wildman–Crippen MR) is 107 cm³/mol. The molecule has 0 bridgehead atoms. The SMILES string of the molecule is C=CCn1c(C)c(C(=O)Nc2ccc(Br)c(C)c2)c(C)c1C(=O)OCC. The molecule has 0 radical (unpaired) electrons. The molecule has 2 rings (SSSR count). The fourth-order valence-electron chi connectivity index (χ4n) is 2.97. The standard InChI is InChI=1S/C20H23BrN2O3/c1-6-10-23-14(5)17(13(4)18(23)20(25)26-7-2)19(24)22-15-8-9-16(21)12(3)11-15/h6,8-9,11H,1,7,10H2,2-5H3,(H,22,24). The Balaban J connectivity index is 2.45. The molecule has 6 heteroatoms. The zero-order valence-corrected chi connectivity index (χ0v) is 17.1. The number of allylic oxidation sites excluding steroid dienone is 1. The van der Waals surface area contributed by atoms with E-state index in [1.807, 2.05) is 32.0 Å². The average Bonchev–Trinajstić information content (AvgIpc) is 2.82. The van der Waals surface area contributed by atoms with E-state index in [0.29, 0.717) is 34.7 Å². The maximum atomic E-state index is 12.9. The molecule has 0 spiro atoms. The topological polar surface area (TPSA) is 60.3 Å². The Labute approximate surface area is 162 Å². The van der Waals surface area contributed by atoms with Crippen LogP contribution in [0.3, 0.4) is 0 Å². The van der Waals surface area contributed by atoms with E-state index in [-0.39, 0.29) is 12.5 Å². The quantitative estimate of drug-likeness (QED) is 0.541. The monoisotopic (exact) mass is 418 g/mol. The number of carbonyl (C=O) groups excluding carboxylic acids is 2. The van der Waals surface area contributed by atoms with Crippen molar-refractivity contribution in [1.29, 1.82) is 0 Å². The number of rotatable bonds is 6. The number of nitrogens with one attached hydrogen (secondary N) is 1. The Morgan fingerprint density at radius 1 is 1.31 bits per heavy atom. The molecule has 0 saturated carbocycles. The summed E-state index contributed by atoms with van der Waals surface area (Å²) in [5.74, 6) is -0.691. The molecule has 138 valence electrons. The number of anilines is 1. The maximum Gasteiger partial charge on any atom is 0.355 e. The molecular formula is C20H23BrN2O3. The van der Waals surface area contributed by atoms with E-state index >= 15 is 0 Å². The van der Waals surface area contributed by atoms with Gasteiger partial charge in [-0.3, -0.25) is 4.79 Å². The van der Waals surface area contributed by atoms with Crippen LogP contribution in [0.4, 0.5) is 5.69 Å². The first-order valence-electron chi connectivity index (χ1n) is 8.37. The number of nitrogens with zero attached hydrogens (tertiary/aromatic N) is 1. The molecule has 0 aliphatic carbocycles. The highest BCUT2D eigenvalue weighted by Crippen LogP contribution is 2.26. The zero-order valence-electron chi connectivity index (χ0n) is 15.5. The number of aryl methyl sites for hydroxylation is 1. The highest BCUT2D eigenvalue weighted by molar-refractivity contribution is 9.10. The molecule has 1 amide bonds. The number of halogens is 1. The summed E-state index contributed by atoms with van der Waals surface area (Å²) in [6.07, 6.45) is 1.69. The first kappa shape index (κ1) is 20.0. The Hall–Kier alpha value is -2.34. The summed E-state index contributed by atoms with van der Waals surface area (Å²) in [6.45, 7) is 11.7. The van der Waals surface area contributed by atoms with Crippen LogP contribution in [-0.4, -0.2) is 23.1 Å². The number of hydrogen-bond acceptors (Lipinski definition) is 3. The lowest BCUT2D eigenvalue weighted by Gasteiger charge is -2.09. The van der Waals surface area contributed by atoms with Crippen molar-refractivity contribution in [2.24, 2.45) is 0 Å². The molecule has 0 aliphatic heterocycles. The van der Waals surface area contributed by atoms with Gasteiger partial charge >= 0.3 is 5.97 Å². The van der Waals surface area contributed by atoms with Crippen molar-refractivity contribution in [1.82, 2.24) is 4.57 Å². The summed E-state index contributed by atoms with van der Waals surface area (Å²) in [6, 6.07) is 5.60. The minimum Gasteiger partial charge on any atom is -0.461 e. The number of esters is 1. The Bertz CT molecular complexity index is 868. The first-order chi connectivity index (χ1) is 12.3. The zero-order chi connectivity index (χ0) is 19.4. The number of benzene rings is 1. The Kier molecular flexibility index (Phi) is 6.42. The lowest BCUT2D eigenvalue weighted by Crippen LogP contribution is -2.14. The number of ether oxygens (including phenoxy) is 1. The van der Waals surface area contributed by atoms with Gasteiger partial charge in [0.1, 0.15) is 5.69 Å². The van der Waals surface area contributed by atoms with Crippen molar-refractivity contribution in [3.8, 4) is 0 Å². The van der Waals surface area contributed by atoms with E-state index in [1.54, 1.807) is 24.5 Å². The van der Waals surface area contributed by atoms with Gasteiger partial charge in [-0.15, -0.1) is 6.58 Å². The van der Waals surface area contributed by atoms with Gasteiger partial charge in [0.15, 0.2) is 0 Å². The molecular weight excluding hydrogens is 396 g/mol. The fraction of sp³-hybridized carbons (Fsp3) is 0.300. The Morgan fingerprint density at radius 3 is 2.58 bits per heavy atom. The molecule has 1 heterocycles. The molecule has 0 aliphatic rings. The number of aromatic nitrogens is 1. The van der Waals surface area contributed by atoms with Crippen LogP contribution in [0.5, 0.6) is 0 Å². The molecule has 0 unspecified atom stereocenters. The minimum atomic E-state index is -0.437. The third-order valence-corrected chi connectivity index (χ3v) is 5.08. The molecule has 26 heavy (non-hydrogen) atoms. The molecule has 0 fully saturated rings. The van der Waals surface area contributed by atoms with Gasteiger partial charge in [0.25, 0.3) is 5.91 Å². The van der Waals surface area contributed by atoms with E-state index in [2.05, 4.69) is 27.8 Å². The summed E-state index contributed by atoms with van der Waals surface area (Å²) < 4.78 is 7.90. The molecule has 5 nitrogen and oxygen atoms in total. The third kappa shape index (κ3) is 3.90. The predicted octanol–water partition coefficient (Wildman–Crippen LogP) is 4.79. The fourth-order valence-corrected chi connectivity index (χ4v) is 3.21. The van der Waals surface area contributed by atoms with Crippen LogP contribution in [0, 0.1) is 20.8 Å². The van der Waals surface area contributed by atoms with Crippen molar-refractivity contribution < 1.29 is 14.3 Å². The van der Waals surface area contributed by atoms with E-state index in [4.69, 9.17) is 4.74 Å². The van der Waals surface area contributed by atoms with Crippen molar-refractivity contribution in [3.63, 3.8) is 0 Å². The van der Waals surface area contributed by atoms with E-state index < -0.39 is 5.97 Å². The molecule has 1 N–H and O–H groups in total. The van der Waals surface area contributed by atoms with Crippen molar-refractivity contribution in [2.45, 2.75) is 34.2 Å². The van der Waals surface area contributed by atoms with Crippen LogP contribution in [0.1, 0.15) is 44.6 Å². The largest absolute Gasteiger partial charge is 0.461 e. The van der Waals surface area contributed by atoms with Gasteiger partial charge < -0.3 is 14.6 Å². The molecule has 1 aromatic heterocycles. The summed E-state index contributed by atoms with van der Waals surface area (Å²) in [5, 5.41) is 2.91. The summed E-state index contributed by atoms with van der Waals surface area (Å²) in [7, 11) is 0. The lowest BCUT2D eigenvalue weighted by molar-refractivity contribution is 0.0513. The highest BCUT2D eigenvalue weighted by Gasteiger charge is 2.26. The van der Waals surface area contributed by atoms with Crippen molar-refractivity contribution in [2.75, 3.05) is 11.9 Å². The van der Waals surface area contributed by atoms with Crippen LogP contribution in [0.2, 0.25) is 0 Å². The third-order valence-electron chi connectivity index (χ3n) is 4.19. The number of amides is 1. The van der Waals surface area contributed by atoms with Gasteiger partial charge in [0, 0.05) is 22.4 Å². The molecule has 0 atom stereocenters. The summed E-state index contributed by atoms with van der Waals surface area (Å²) in [4.78, 5) is 25.3. The van der Waals surface area contributed by atoms with Crippen LogP contribution >= 0.6 is 15.9 Å². The number of hydrogen-bond donors (Lipinski definition) is 1. The van der Waals surface area contributed by atoms with Gasteiger partial charge in [-0.05, 0) is 57.0 Å². The second-order valence-electron chi connectivity index (χ2n) is 5.97. The van der Waals surface area contributed by atoms with E-state index in [1.165, 1.54) is 0 Å². The molecule has 2 aromatic rings. The number of carbonyl (C=O) groups is 2. The van der Waals surface area contributed by atoms with Crippen LogP contribution in [0.25, 0.3) is 0 Å². The maximum absolute atomic E-state index is 12.9. The smallest absolute Gasteiger partial charge is 0.355 e. The van der Waals surface area contributed by atoms with Crippen molar-refractivity contribution >= 4 is 33.5 Å². The second kappa shape index (κ2) is 8.36. The molecule has 1 aromatic carbocycles. The minimum absolute atomic E-state index is 0.255. The normalized spacial score (nSPS) is 10.5. The van der Waals surface area contributed by atoms with E-state index in [0.717, 1.165) is 10.0 Å². The van der Waals surface area contributed by atoms with Crippen molar-refractivity contribution in [3.05, 3.63) is 63.4 Å². The summed E-state index contributed by atoms with van der Waals surface area (Å²) >= 11 is 3.45. The van der Waals surface area contributed by atoms with Gasteiger partial charge in [-0.1, -0.05) is 22.0 Å². The first-order valence-corrected chi connectivity index (χ1v) is 9.16. The van der Waals surface area contributed by atoms with Crippen LogP contribution in [0.15, 0.2) is 35.3 Å². The van der Waals surface area contributed by atoms with Gasteiger partial charge in [-0.25, -0.2) is 4.79 Å². The Morgan fingerprint density at radius 2 is 2.00 bits per heavy atom. The lowest BCUT2D eigenvalue weighted by atomic mass is 10.1. The van der Waals surface area contributed by atoms with E-state index in [9.17, 15) is 9.59 Å². The molecule has 0 saturated heterocycles. The average molecular weight is 419 g/mol. The highest BCUT2D eigenvalue weighted by atomic mass is 79.9. The second-order valence-corrected chi connectivity index (χ2v) is 6.83. The van der Waals surface area contributed by atoms with Crippen LogP contribution < -0.4 is 5.32 Å².